The Morgan fingerprint density at radius 3 is 2.42 bits per heavy atom. The smallest absolute Gasteiger partial charge is 0.273 e. The van der Waals surface area contributed by atoms with Crippen LogP contribution < -0.4 is 15.6 Å². The van der Waals surface area contributed by atoms with E-state index in [9.17, 15) is 9.59 Å². The lowest BCUT2D eigenvalue weighted by Crippen LogP contribution is -2.42. The minimum atomic E-state index is -0.464. The molecule has 8 heteroatoms. The van der Waals surface area contributed by atoms with Crippen molar-refractivity contribution in [3.05, 3.63) is 87.5 Å². The van der Waals surface area contributed by atoms with Crippen LogP contribution in [0.3, 0.4) is 0 Å². The molecular formula is C23H23ClN4O3. The molecule has 2 aromatic carbocycles. The summed E-state index contributed by atoms with van der Waals surface area (Å²) in [6.45, 7) is 5.92. The molecule has 2 N–H and O–H groups in total. The number of aromatic nitrogens is 2. The van der Waals surface area contributed by atoms with Gasteiger partial charge in [-0.15, -0.1) is 0 Å². The first-order chi connectivity index (χ1) is 14.9. The first kappa shape index (κ1) is 22.2. The largest absolute Gasteiger partial charge is 0.489 e. The van der Waals surface area contributed by atoms with Crippen molar-refractivity contribution in [2.24, 2.45) is 0 Å². The maximum Gasteiger partial charge on any atom is 0.273 e. The van der Waals surface area contributed by atoms with Gasteiger partial charge in [-0.1, -0.05) is 30.7 Å². The summed E-state index contributed by atoms with van der Waals surface area (Å²) in [5.74, 6) is 0.416. The second kappa shape index (κ2) is 10.0. The highest BCUT2D eigenvalue weighted by Crippen LogP contribution is 2.22. The highest BCUT2D eigenvalue weighted by Gasteiger charge is 2.14. The SMILES string of the molecule is CCc1nc(C)ncc1C(=O)NNC(=O)c1ccc(COc2ccc(Cl)c(C)c2)cc1. The van der Waals surface area contributed by atoms with Crippen LogP contribution in [0.4, 0.5) is 0 Å². The van der Waals surface area contributed by atoms with Crippen molar-refractivity contribution in [2.45, 2.75) is 33.8 Å². The Kier molecular flexibility index (Phi) is 7.20. The third-order valence-corrected chi connectivity index (χ3v) is 5.03. The van der Waals surface area contributed by atoms with Crippen LogP contribution in [0.5, 0.6) is 5.75 Å². The molecule has 1 heterocycles. The molecule has 0 unspecified atom stereocenters. The zero-order chi connectivity index (χ0) is 22.4. The molecule has 7 nitrogen and oxygen atoms in total. The van der Waals surface area contributed by atoms with Crippen LogP contribution in [0.1, 0.15) is 50.3 Å². The molecule has 3 aromatic rings. The number of nitrogens with one attached hydrogen (secondary N) is 2. The zero-order valence-corrected chi connectivity index (χ0v) is 18.3. The van der Waals surface area contributed by atoms with E-state index in [4.69, 9.17) is 16.3 Å². The van der Waals surface area contributed by atoms with E-state index in [0.29, 0.717) is 40.7 Å². The third kappa shape index (κ3) is 5.79. The number of carbonyl (C=O) groups excluding carboxylic acids is 2. The topological polar surface area (TPSA) is 93.2 Å². The van der Waals surface area contributed by atoms with Crippen molar-refractivity contribution in [3.8, 4) is 5.75 Å². The lowest BCUT2D eigenvalue weighted by atomic mass is 10.1. The maximum atomic E-state index is 12.4. The van der Waals surface area contributed by atoms with Gasteiger partial charge in [-0.2, -0.15) is 0 Å². The number of benzene rings is 2. The number of rotatable bonds is 6. The lowest BCUT2D eigenvalue weighted by Gasteiger charge is -2.11. The van der Waals surface area contributed by atoms with E-state index in [2.05, 4.69) is 20.8 Å². The van der Waals surface area contributed by atoms with Gasteiger partial charge in [0.05, 0.1) is 11.3 Å². The predicted octanol–water partition coefficient (Wildman–Crippen LogP) is 3.96. The Hall–Kier alpha value is -3.45. The van der Waals surface area contributed by atoms with E-state index in [0.717, 1.165) is 16.9 Å². The number of hydrazine groups is 1. The molecule has 0 atom stereocenters. The number of aryl methyl sites for hydroxylation is 3. The first-order valence-corrected chi connectivity index (χ1v) is 10.2. The predicted molar refractivity (Wildman–Crippen MR) is 118 cm³/mol. The van der Waals surface area contributed by atoms with Gasteiger partial charge >= 0.3 is 0 Å². The first-order valence-electron chi connectivity index (χ1n) is 9.78. The fraction of sp³-hybridized carbons (Fsp3) is 0.217. The molecule has 0 fully saturated rings. The van der Waals surface area contributed by atoms with E-state index in [-0.39, 0.29) is 0 Å². The van der Waals surface area contributed by atoms with Crippen LogP contribution in [0.25, 0.3) is 0 Å². The van der Waals surface area contributed by atoms with Gasteiger partial charge in [0, 0.05) is 16.8 Å². The average molecular weight is 439 g/mol. The van der Waals surface area contributed by atoms with Gasteiger partial charge in [-0.25, -0.2) is 9.97 Å². The molecule has 2 amide bonds. The summed E-state index contributed by atoms with van der Waals surface area (Å²) in [7, 11) is 0. The Morgan fingerprint density at radius 1 is 1.03 bits per heavy atom. The van der Waals surface area contributed by atoms with Gasteiger partial charge in [0.1, 0.15) is 18.2 Å². The molecule has 0 saturated carbocycles. The summed E-state index contributed by atoms with van der Waals surface area (Å²) >= 11 is 6.02. The molecule has 1 aromatic heterocycles. The van der Waals surface area contributed by atoms with Crippen molar-refractivity contribution >= 4 is 23.4 Å². The Bertz CT molecular complexity index is 1100. The fourth-order valence-corrected chi connectivity index (χ4v) is 2.97. The van der Waals surface area contributed by atoms with Crippen LogP contribution in [0.2, 0.25) is 5.02 Å². The quantitative estimate of drug-likeness (QED) is 0.568. The zero-order valence-electron chi connectivity index (χ0n) is 17.5. The van der Waals surface area contributed by atoms with Gasteiger partial charge < -0.3 is 4.74 Å². The average Bonchev–Trinajstić information content (AvgIpc) is 2.78. The normalized spacial score (nSPS) is 10.5. The number of hydrogen-bond donors (Lipinski definition) is 2. The summed E-state index contributed by atoms with van der Waals surface area (Å²) < 4.78 is 5.76. The van der Waals surface area contributed by atoms with E-state index in [1.165, 1.54) is 6.20 Å². The molecule has 160 valence electrons. The molecule has 0 radical (unpaired) electrons. The summed E-state index contributed by atoms with van der Waals surface area (Å²) in [5, 5.41) is 0.690. The summed E-state index contributed by atoms with van der Waals surface area (Å²) in [5.41, 5.74) is 8.03. The summed E-state index contributed by atoms with van der Waals surface area (Å²) in [6.07, 6.45) is 2.04. The molecule has 3 rings (SSSR count). The van der Waals surface area contributed by atoms with Crippen molar-refractivity contribution in [1.82, 2.24) is 20.8 Å². The maximum absolute atomic E-state index is 12.4. The van der Waals surface area contributed by atoms with Crippen LogP contribution in [-0.2, 0) is 13.0 Å². The standard InChI is InChI=1S/C23H23ClN4O3/c1-4-21-19(12-25-15(3)26-21)23(30)28-27-22(29)17-7-5-16(6-8-17)13-31-18-9-10-20(24)14(2)11-18/h5-12H,4,13H2,1-3H3,(H,27,29)(H,28,30). The van der Waals surface area contributed by atoms with Crippen molar-refractivity contribution < 1.29 is 14.3 Å². The molecule has 0 spiro atoms. The van der Waals surface area contributed by atoms with E-state index >= 15 is 0 Å². The van der Waals surface area contributed by atoms with E-state index in [1.807, 2.05) is 26.0 Å². The van der Waals surface area contributed by atoms with Crippen molar-refractivity contribution in [3.63, 3.8) is 0 Å². The Balaban J connectivity index is 1.55. The number of hydrogen-bond acceptors (Lipinski definition) is 5. The third-order valence-electron chi connectivity index (χ3n) is 4.61. The fourth-order valence-electron chi connectivity index (χ4n) is 2.86. The molecule has 0 aliphatic carbocycles. The van der Waals surface area contributed by atoms with Gasteiger partial charge in [0.25, 0.3) is 11.8 Å². The van der Waals surface area contributed by atoms with Gasteiger partial charge in [-0.05, 0) is 61.7 Å². The Morgan fingerprint density at radius 2 is 1.74 bits per heavy atom. The van der Waals surface area contributed by atoms with Gasteiger partial charge in [0.2, 0.25) is 0 Å². The van der Waals surface area contributed by atoms with Crippen LogP contribution in [0.15, 0.2) is 48.7 Å². The molecule has 0 aliphatic rings. The molecule has 0 aliphatic heterocycles. The van der Waals surface area contributed by atoms with Crippen LogP contribution >= 0.6 is 11.6 Å². The van der Waals surface area contributed by atoms with E-state index in [1.54, 1.807) is 37.3 Å². The summed E-state index contributed by atoms with van der Waals surface area (Å²) in [6, 6.07) is 12.4. The molecule has 0 bridgehead atoms. The lowest BCUT2D eigenvalue weighted by molar-refractivity contribution is 0.0845. The number of amides is 2. The molecular weight excluding hydrogens is 416 g/mol. The minimum Gasteiger partial charge on any atom is -0.489 e. The second-order valence-corrected chi connectivity index (χ2v) is 7.34. The number of carbonyl (C=O) groups is 2. The highest BCUT2D eigenvalue weighted by atomic mass is 35.5. The molecule has 31 heavy (non-hydrogen) atoms. The second-order valence-electron chi connectivity index (χ2n) is 6.94. The Labute approximate surface area is 185 Å². The van der Waals surface area contributed by atoms with Crippen LogP contribution in [0, 0.1) is 13.8 Å². The van der Waals surface area contributed by atoms with Crippen LogP contribution in [-0.4, -0.2) is 21.8 Å². The van der Waals surface area contributed by atoms with Crippen molar-refractivity contribution in [1.29, 1.82) is 0 Å². The van der Waals surface area contributed by atoms with Gasteiger partial charge in [-0.3, -0.25) is 20.4 Å². The molecule has 0 saturated heterocycles. The van der Waals surface area contributed by atoms with Crippen molar-refractivity contribution in [2.75, 3.05) is 0 Å². The number of nitrogens with zero attached hydrogens (tertiary/aromatic N) is 2. The highest BCUT2D eigenvalue weighted by molar-refractivity contribution is 6.31. The van der Waals surface area contributed by atoms with E-state index < -0.39 is 11.8 Å². The number of halogens is 1. The minimum absolute atomic E-state index is 0.332. The van der Waals surface area contributed by atoms with Gasteiger partial charge in [0.15, 0.2) is 0 Å². The number of ether oxygens (including phenoxy) is 1. The summed E-state index contributed by atoms with van der Waals surface area (Å²) in [4.78, 5) is 33.0. The monoisotopic (exact) mass is 438 g/mol.